The minimum Gasteiger partial charge on any atom is -0.497 e. The Labute approximate surface area is 180 Å². The van der Waals surface area contributed by atoms with Crippen LogP contribution in [0.3, 0.4) is 0 Å². The molecule has 5 nitrogen and oxygen atoms in total. The number of anilines is 1. The van der Waals surface area contributed by atoms with Gasteiger partial charge in [-0.1, -0.05) is 30.3 Å². The van der Waals surface area contributed by atoms with E-state index in [0.29, 0.717) is 24.6 Å². The molecule has 4 aromatic rings. The van der Waals surface area contributed by atoms with Crippen molar-refractivity contribution in [3.63, 3.8) is 0 Å². The molecule has 1 amide bonds. The topological polar surface area (TPSA) is 52.5 Å². The van der Waals surface area contributed by atoms with Gasteiger partial charge in [-0.15, -0.1) is 0 Å². The molecule has 0 atom stereocenters. The van der Waals surface area contributed by atoms with E-state index in [1.165, 1.54) is 12.1 Å². The van der Waals surface area contributed by atoms with Crippen molar-refractivity contribution in [2.45, 2.75) is 13.5 Å². The fourth-order valence-corrected chi connectivity index (χ4v) is 3.60. The Morgan fingerprint density at radius 1 is 1.03 bits per heavy atom. The summed E-state index contributed by atoms with van der Waals surface area (Å²) in [6, 6.07) is 21.3. The number of halogens is 1. The summed E-state index contributed by atoms with van der Waals surface area (Å²) in [7, 11) is 1.62. The lowest BCUT2D eigenvalue weighted by Crippen LogP contribution is -2.18. The van der Waals surface area contributed by atoms with Crippen molar-refractivity contribution in [2.24, 2.45) is 0 Å². The van der Waals surface area contributed by atoms with Crippen LogP contribution in [0.5, 0.6) is 11.5 Å². The molecule has 6 heteroatoms. The van der Waals surface area contributed by atoms with E-state index >= 15 is 0 Å². The monoisotopic (exact) mass is 418 g/mol. The third-order valence-corrected chi connectivity index (χ3v) is 5.04. The standard InChI is InChI=1S/C25H23FN2O3/c1-3-31-24-13-7-12-22-19(24)15-23(25(29)27-21-11-5-4-10-20(21)26)28(22)16-17-8-6-9-18(14-17)30-2/h4-15H,3,16H2,1-2H3,(H,27,29). The van der Waals surface area contributed by atoms with Crippen LogP contribution < -0.4 is 14.8 Å². The number of hydrogen-bond donors (Lipinski definition) is 1. The molecule has 0 bridgehead atoms. The third-order valence-electron chi connectivity index (χ3n) is 5.04. The van der Waals surface area contributed by atoms with E-state index in [0.717, 1.165) is 22.2 Å². The molecule has 0 saturated carbocycles. The number of nitrogens with zero attached hydrogens (tertiary/aromatic N) is 1. The van der Waals surface area contributed by atoms with Crippen molar-refractivity contribution < 1.29 is 18.7 Å². The number of ether oxygens (including phenoxy) is 2. The maximum Gasteiger partial charge on any atom is 0.272 e. The molecule has 3 aromatic carbocycles. The summed E-state index contributed by atoms with van der Waals surface area (Å²) in [5.41, 5.74) is 2.37. The van der Waals surface area contributed by atoms with Gasteiger partial charge < -0.3 is 19.4 Å². The number of carbonyl (C=O) groups excluding carboxylic acids is 1. The predicted molar refractivity (Wildman–Crippen MR) is 120 cm³/mol. The van der Waals surface area contributed by atoms with Gasteiger partial charge in [-0.2, -0.15) is 0 Å². The zero-order valence-corrected chi connectivity index (χ0v) is 17.4. The largest absolute Gasteiger partial charge is 0.497 e. The zero-order chi connectivity index (χ0) is 21.8. The second kappa shape index (κ2) is 8.92. The first-order valence-corrected chi connectivity index (χ1v) is 10.0. The Morgan fingerprint density at radius 3 is 2.61 bits per heavy atom. The minimum atomic E-state index is -0.485. The third kappa shape index (κ3) is 4.23. The van der Waals surface area contributed by atoms with Gasteiger partial charge in [0.2, 0.25) is 0 Å². The normalized spacial score (nSPS) is 10.8. The van der Waals surface area contributed by atoms with E-state index in [1.807, 2.05) is 54.0 Å². The summed E-state index contributed by atoms with van der Waals surface area (Å²) in [4.78, 5) is 13.2. The van der Waals surface area contributed by atoms with Crippen molar-refractivity contribution in [1.29, 1.82) is 0 Å². The quantitative estimate of drug-likeness (QED) is 0.432. The van der Waals surface area contributed by atoms with Gasteiger partial charge in [0.15, 0.2) is 0 Å². The molecular weight excluding hydrogens is 395 g/mol. The van der Waals surface area contributed by atoms with E-state index in [1.54, 1.807) is 25.3 Å². The number of nitrogens with one attached hydrogen (secondary N) is 1. The number of amides is 1. The molecule has 31 heavy (non-hydrogen) atoms. The first-order chi connectivity index (χ1) is 15.1. The molecule has 0 aliphatic carbocycles. The summed E-state index contributed by atoms with van der Waals surface area (Å²) in [5, 5.41) is 3.51. The van der Waals surface area contributed by atoms with E-state index in [4.69, 9.17) is 9.47 Å². The SMILES string of the molecule is CCOc1cccc2c1cc(C(=O)Nc1ccccc1F)n2Cc1cccc(OC)c1. The fourth-order valence-electron chi connectivity index (χ4n) is 3.60. The van der Waals surface area contributed by atoms with Crippen LogP contribution in [0.4, 0.5) is 10.1 Å². The Kier molecular flexibility index (Phi) is 5.89. The lowest BCUT2D eigenvalue weighted by molar-refractivity contribution is 0.101. The van der Waals surface area contributed by atoms with Crippen LogP contribution in [0.25, 0.3) is 10.9 Å². The molecule has 158 valence electrons. The van der Waals surface area contributed by atoms with Crippen LogP contribution in [0.15, 0.2) is 72.8 Å². The average Bonchev–Trinajstić information content (AvgIpc) is 3.15. The molecule has 0 saturated heterocycles. The molecule has 0 unspecified atom stereocenters. The van der Waals surface area contributed by atoms with Crippen molar-refractivity contribution in [2.75, 3.05) is 19.0 Å². The molecule has 0 radical (unpaired) electrons. The van der Waals surface area contributed by atoms with Gasteiger partial charge in [0.1, 0.15) is 23.0 Å². The van der Waals surface area contributed by atoms with Crippen LogP contribution in [-0.4, -0.2) is 24.2 Å². The second-order valence-electron chi connectivity index (χ2n) is 7.02. The number of benzene rings is 3. The van der Waals surface area contributed by atoms with Crippen molar-refractivity contribution >= 4 is 22.5 Å². The smallest absolute Gasteiger partial charge is 0.272 e. The zero-order valence-electron chi connectivity index (χ0n) is 17.4. The van der Waals surface area contributed by atoms with Crippen LogP contribution in [0.2, 0.25) is 0 Å². The van der Waals surface area contributed by atoms with Crippen molar-refractivity contribution in [1.82, 2.24) is 4.57 Å². The number of fused-ring (bicyclic) bond motifs is 1. The predicted octanol–water partition coefficient (Wildman–Crippen LogP) is 5.49. The van der Waals surface area contributed by atoms with Crippen LogP contribution in [0, 0.1) is 5.82 Å². The number of aromatic nitrogens is 1. The van der Waals surface area contributed by atoms with Gasteiger partial charge in [-0.3, -0.25) is 4.79 Å². The first-order valence-electron chi connectivity index (χ1n) is 10.0. The Hall–Kier alpha value is -3.80. The Balaban J connectivity index is 1.80. The summed E-state index contributed by atoms with van der Waals surface area (Å²) in [6.45, 7) is 2.87. The molecule has 1 heterocycles. The summed E-state index contributed by atoms with van der Waals surface area (Å²) in [5.74, 6) is 0.554. The van der Waals surface area contributed by atoms with E-state index in [9.17, 15) is 9.18 Å². The second-order valence-corrected chi connectivity index (χ2v) is 7.02. The van der Waals surface area contributed by atoms with Crippen LogP contribution >= 0.6 is 0 Å². The van der Waals surface area contributed by atoms with Gasteiger partial charge >= 0.3 is 0 Å². The Bertz CT molecular complexity index is 1230. The number of methoxy groups -OCH3 is 1. The average molecular weight is 418 g/mol. The first kappa shape index (κ1) is 20.5. The molecule has 0 aliphatic heterocycles. The number of carbonyl (C=O) groups is 1. The molecular formula is C25H23FN2O3. The maximum absolute atomic E-state index is 14.1. The van der Waals surface area contributed by atoms with Crippen LogP contribution in [-0.2, 0) is 6.54 Å². The maximum atomic E-state index is 14.1. The highest BCUT2D eigenvalue weighted by Crippen LogP contribution is 2.31. The van der Waals surface area contributed by atoms with Gasteiger partial charge in [0.05, 0.1) is 24.9 Å². The highest BCUT2D eigenvalue weighted by atomic mass is 19.1. The van der Waals surface area contributed by atoms with Crippen LogP contribution in [0.1, 0.15) is 23.0 Å². The van der Waals surface area contributed by atoms with E-state index < -0.39 is 11.7 Å². The number of rotatable bonds is 7. The highest BCUT2D eigenvalue weighted by molar-refractivity contribution is 6.07. The highest BCUT2D eigenvalue weighted by Gasteiger charge is 2.19. The van der Waals surface area contributed by atoms with Crippen molar-refractivity contribution in [3.8, 4) is 11.5 Å². The molecule has 0 aliphatic rings. The number of hydrogen-bond acceptors (Lipinski definition) is 3. The van der Waals surface area contributed by atoms with Gasteiger partial charge in [0.25, 0.3) is 5.91 Å². The van der Waals surface area contributed by atoms with Gasteiger partial charge in [-0.25, -0.2) is 4.39 Å². The number of para-hydroxylation sites is 1. The molecule has 0 fully saturated rings. The minimum absolute atomic E-state index is 0.135. The molecule has 1 N–H and O–H groups in total. The lowest BCUT2D eigenvalue weighted by atomic mass is 10.2. The summed E-state index contributed by atoms with van der Waals surface area (Å²) in [6.07, 6.45) is 0. The molecule has 0 spiro atoms. The molecule has 1 aromatic heterocycles. The van der Waals surface area contributed by atoms with Gasteiger partial charge in [0, 0.05) is 11.9 Å². The summed E-state index contributed by atoms with van der Waals surface area (Å²) < 4.78 is 27.1. The van der Waals surface area contributed by atoms with E-state index in [2.05, 4.69) is 5.32 Å². The van der Waals surface area contributed by atoms with E-state index in [-0.39, 0.29) is 5.69 Å². The lowest BCUT2D eigenvalue weighted by Gasteiger charge is -2.13. The fraction of sp³-hybridized carbons (Fsp3) is 0.160. The summed E-state index contributed by atoms with van der Waals surface area (Å²) >= 11 is 0. The Morgan fingerprint density at radius 2 is 1.84 bits per heavy atom. The van der Waals surface area contributed by atoms with Crippen molar-refractivity contribution in [3.05, 3.63) is 89.9 Å². The molecule has 4 rings (SSSR count). The van der Waals surface area contributed by atoms with Gasteiger partial charge in [-0.05, 0) is 55.0 Å².